The maximum atomic E-state index is 12.0. The highest BCUT2D eigenvalue weighted by molar-refractivity contribution is 6.06. The van der Waals surface area contributed by atoms with E-state index in [0.717, 1.165) is 0 Å². The molecule has 0 bridgehead atoms. The summed E-state index contributed by atoms with van der Waals surface area (Å²) < 4.78 is 0. The summed E-state index contributed by atoms with van der Waals surface area (Å²) in [5.74, 6) is -2.20. The highest BCUT2D eigenvalue weighted by atomic mass is 16.4. The molecule has 2 aromatic carbocycles. The van der Waals surface area contributed by atoms with Crippen molar-refractivity contribution in [1.29, 1.82) is 0 Å². The number of carboxylic acid groups (broad SMARTS) is 1. The van der Waals surface area contributed by atoms with Crippen LogP contribution in [-0.4, -0.2) is 29.4 Å². The SMILES string of the molecule is O=C(CNC(=O)c1ccccc1C(=O)O)Nc1ccccc1. The Hall–Kier alpha value is -3.15. The molecule has 0 unspecified atom stereocenters. The molecule has 0 aliphatic rings. The van der Waals surface area contributed by atoms with Crippen LogP contribution < -0.4 is 10.6 Å². The molecule has 6 nitrogen and oxygen atoms in total. The fourth-order valence-electron chi connectivity index (χ4n) is 1.85. The van der Waals surface area contributed by atoms with E-state index >= 15 is 0 Å². The maximum absolute atomic E-state index is 12.0. The Bertz CT molecular complexity index is 698. The summed E-state index contributed by atoms with van der Waals surface area (Å²) in [6, 6.07) is 14.6. The largest absolute Gasteiger partial charge is 0.478 e. The lowest BCUT2D eigenvalue weighted by Gasteiger charge is -2.08. The van der Waals surface area contributed by atoms with Crippen LogP contribution in [0.2, 0.25) is 0 Å². The lowest BCUT2D eigenvalue weighted by molar-refractivity contribution is -0.115. The van der Waals surface area contributed by atoms with Crippen LogP contribution >= 0.6 is 0 Å². The van der Waals surface area contributed by atoms with Crippen LogP contribution in [0.15, 0.2) is 54.6 Å². The normalized spacial score (nSPS) is 9.82. The second-order valence-electron chi connectivity index (χ2n) is 4.45. The van der Waals surface area contributed by atoms with E-state index < -0.39 is 17.8 Å². The predicted octanol–water partition coefficient (Wildman–Crippen LogP) is 1.75. The Kier molecular flexibility index (Phi) is 4.87. The van der Waals surface area contributed by atoms with Gasteiger partial charge in [-0.25, -0.2) is 4.79 Å². The van der Waals surface area contributed by atoms with Crippen LogP contribution in [0.4, 0.5) is 5.69 Å². The molecule has 0 aromatic heterocycles. The summed E-state index contributed by atoms with van der Waals surface area (Å²) in [6.07, 6.45) is 0. The molecule has 0 spiro atoms. The van der Waals surface area contributed by atoms with Crippen LogP contribution in [0.3, 0.4) is 0 Å². The number of hydrogen-bond donors (Lipinski definition) is 3. The Morgan fingerprint density at radius 3 is 2.09 bits per heavy atom. The van der Waals surface area contributed by atoms with Gasteiger partial charge in [-0.2, -0.15) is 0 Å². The molecule has 0 heterocycles. The lowest BCUT2D eigenvalue weighted by Crippen LogP contribution is -2.33. The van der Waals surface area contributed by atoms with Gasteiger partial charge in [0.1, 0.15) is 0 Å². The second-order valence-corrected chi connectivity index (χ2v) is 4.45. The number of benzene rings is 2. The minimum Gasteiger partial charge on any atom is -0.478 e. The first-order chi connectivity index (χ1) is 10.6. The smallest absolute Gasteiger partial charge is 0.336 e. The van der Waals surface area contributed by atoms with Crippen molar-refractivity contribution in [3.63, 3.8) is 0 Å². The number of carbonyl (C=O) groups excluding carboxylic acids is 2. The zero-order valence-electron chi connectivity index (χ0n) is 11.6. The number of nitrogens with one attached hydrogen (secondary N) is 2. The Balaban J connectivity index is 1.96. The van der Waals surface area contributed by atoms with Gasteiger partial charge in [0.15, 0.2) is 0 Å². The first-order valence-corrected chi connectivity index (χ1v) is 6.53. The zero-order chi connectivity index (χ0) is 15.9. The molecule has 6 heteroatoms. The molecule has 0 aliphatic carbocycles. The van der Waals surface area contributed by atoms with E-state index in [1.54, 1.807) is 30.3 Å². The first-order valence-electron chi connectivity index (χ1n) is 6.53. The van der Waals surface area contributed by atoms with Crippen molar-refractivity contribution in [1.82, 2.24) is 5.32 Å². The first kappa shape index (κ1) is 15.2. The van der Waals surface area contributed by atoms with Crippen LogP contribution in [0.25, 0.3) is 0 Å². The van der Waals surface area contributed by atoms with Gasteiger partial charge in [-0.15, -0.1) is 0 Å². The van der Waals surface area contributed by atoms with Gasteiger partial charge in [-0.05, 0) is 24.3 Å². The molecule has 22 heavy (non-hydrogen) atoms. The molecule has 0 fully saturated rings. The molecule has 2 aromatic rings. The number of anilines is 1. The Morgan fingerprint density at radius 1 is 0.864 bits per heavy atom. The van der Waals surface area contributed by atoms with Crippen molar-refractivity contribution >= 4 is 23.5 Å². The van der Waals surface area contributed by atoms with E-state index in [4.69, 9.17) is 5.11 Å². The third-order valence-corrected chi connectivity index (χ3v) is 2.87. The van der Waals surface area contributed by atoms with E-state index in [0.29, 0.717) is 5.69 Å². The monoisotopic (exact) mass is 298 g/mol. The number of carboxylic acids is 1. The predicted molar refractivity (Wildman–Crippen MR) is 80.8 cm³/mol. The van der Waals surface area contributed by atoms with Crippen LogP contribution in [-0.2, 0) is 4.79 Å². The summed E-state index contributed by atoms with van der Waals surface area (Å²) in [6.45, 7) is -0.248. The number of rotatable bonds is 5. The van der Waals surface area contributed by atoms with Crippen LogP contribution in [0.5, 0.6) is 0 Å². The topological polar surface area (TPSA) is 95.5 Å². The highest BCUT2D eigenvalue weighted by Crippen LogP contribution is 2.08. The summed E-state index contributed by atoms with van der Waals surface area (Å²) in [5, 5.41) is 14.0. The number of amides is 2. The van der Waals surface area contributed by atoms with E-state index in [1.165, 1.54) is 18.2 Å². The molecule has 2 amide bonds. The van der Waals surface area contributed by atoms with Gasteiger partial charge in [0.2, 0.25) is 5.91 Å². The van der Waals surface area contributed by atoms with Crippen molar-refractivity contribution in [2.75, 3.05) is 11.9 Å². The summed E-state index contributed by atoms with van der Waals surface area (Å²) in [4.78, 5) is 34.7. The summed E-state index contributed by atoms with van der Waals surface area (Å²) in [7, 11) is 0. The van der Waals surface area contributed by atoms with Gasteiger partial charge in [-0.3, -0.25) is 9.59 Å². The quantitative estimate of drug-likeness (QED) is 0.783. The zero-order valence-corrected chi connectivity index (χ0v) is 11.6. The molecule has 2 rings (SSSR count). The molecule has 112 valence electrons. The lowest BCUT2D eigenvalue weighted by atomic mass is 10.1. The Morgan fingerprint density at radius 2 is 1.45 bits per heavy atom. The average Bonchev–Trinajstić information content (AvgIpc) is 2.53. The molecular weight excluding hydrogens is 284 g/mol. The molecule has 0 aliphatic heterocycles. The van der Waals surface area contributed by atoms with Gasteiger partial charge in [0, 0.05) is 5.69 Å². The number of carbonyl (C=O) groups is 3. The van der Waals surface area contributed by atoms with E-state index in [1.807, 2.05) is 6.07 Å². The summed E-state index contributed by atoms with van der Waals surface area (Å²) in [5.41, 5.74) is 0.527. The minimum absolute atomic E-state index is 0.0162. The van der Waals surface area contributed by atoms with E-state index in [-0.39, 0.29) is 17.7 Å². The van der Waals surface area contributed by atoms with E-state index in [9.17, 15) is 14.4 Å². The standard InChI is InChI=1S/C16H14N2O4/c19-14(18-11-6-2-1-3-7-11)10-17-15(20)12-8-4-5-9-13(12)16(21)22/h1-9H,10H2,(H,17,20)(H,18,19)(H,21,22). The Labute approximate surface area is 126 Å². The minimum atomic E-state index is -1.19. The number of hydrogen-bond acceptors (Lipinski definition) is 3. The maximum Gasteiger partial charge on any atom is 0.336 e. The van der Waals surface area contributed by atoms with Gasteiger partial charge in [0.05, 0.1) is 17.7 Å². The van der Waals surface area contributed by atoms with Crippen molar-refractivity contribution in [3.8, 4) is 0 Å². The van der Waals surface area contributed by atoms with Crippen LogP contribution in [0.1, 0.15) is 20.7 Å². The third-order valence-electron chi connectivity index (χ3n) is 2.87. The molecular formula is C16H14N2O4. The molecule has 0 radical (unpaired) electrons. The van der Waals surface area contributed by atoms with Crippen molar-refractivity contribution < 1.29 is 19.5 Å². The third kappa shape index (κ3) is 3.92. The van der Waals surface area contributed by atoms with E-state index in [2.05, 4.69) is 10.6 Å². The molecule has 0 atom stereocenters. The molecule has 0 saturated carbocycles. The number of para-hydroxylation sites is 1. The fraction of sp³-hybridized carbons (Fsp3) is 0.0625. The molecule has 0 saturated heterocycles. The van der Waals surface area contributed by atoms with Crippen molar-refractivity contribution in [2.45, 2.75) is 0 Å². The fourth-order valence-corrected chi connectivity index (χ4v) is 1.85. The average molecular weight is 298 g/mol. The van der Waals surface area contributed by atoms with Gasteiger partial charge >= 0.3 is 5.97 Å². The number of aromatic carboxylic acids is 1. The summed E-state index contributed by atoms with van der Waals surface area (Å²) >= 11 is 0. The van der Waals surface area contributed by atoms with Crippen molar-refractivity contribution in [3.05, 3.63) is 65.7 Å². The molecule has 3 N–H and O–H groups in total. The van der Waals surface area contributed by atoms with Crippen molar-refractivity contribution in [2.24, 2.45) is 0 Å². The van der Waals surface area contributed by atoms with Gasteiger partial charge in [0.25, 0.3) is 5.91 Å². The van der Waals surface area contributed by atoms with Gasteiger partial charge in [-0.1, -0.05) is 30.3 Å². The second kappa shape index (κ2) is 7.03. The van der Waals surface area contributed by atoms with Gasteiger partial charge < -0.3 is 15.7 Å². The van der Waals surface area contributed by atoms with Crippen LogP contribution in [0, 0.1) is 0 Å². The highest BCUT2D eigenvalue weighted by Gasteiger charge is 2.16.